The first-order valence-electron chi connectivity index (χ1n) is 7.33. The molecule has 1 unspecified atom stereocenters. The lowest BCUT2D eigenvalue weighted by Crippen LogP contribution is -2.42. The minimum Gasteiger partial charge on any atom is -0.352 e. The van der Waals surface area contributed by atoms with Gasteiger partial charge in [-0.2, -0.15) is 0 Å². The Morgan fingerprint density at radius 2 is 2.11 bits per heavy atom. The SMILES string of the molecule is CCC(=O)NC1CCCCN(Cc2ccccc2)C1. The molecule has 1 aromatic rings. The number of nitrogens with zero attached hydrogens (tertiary/aromatic N) is 1. The summed E-state index contributed by atoms with van der Waals surface area (Å²) in [6.07, 6.45) is 4.12. The van der Waals surface area contributed by atoms with E-state index in [1.54, 1.807) is 0 Å². The van der Waals surface area contributed by atoms with Crippen LogP contribution in [0.4, 0.5) is 0 Å². The van der Waals surface area contributed by atoms with Crippen LogP contribution in [0.5, 0.6) is 0 Å². The van der Waals surface area contributed by atoms with Crippen molar-refractivity contribution in [2.45, 2.75) is 45.2 Å². The van der Waals surface area contributed by atoms with E-state index in [2.05, 4.69) is 40.5 Å². The third-order valence-electron chi connectivity index (χ3n) is 3.69. The molecule has 2 rings (SSSR count). The molecule has 0 radical (unpaired) electrons. The van der Waals surface area contributed by atoms with Crippen molar-refractivity contribution in [1.82, 2.24) is 10.2 Å². The van der Waals surface area contributed by atoms with Crippen LogP contribution in [0, 0.1) is 0 Å². The van der Waals surface area contributed by atoms with E-state index in [0.29, 0.717) is 12.5 Å². The molecule has 1 aliphatic rings. The lowest BCUT2D eigenvalue weighted by molar-refractivity contribution is -0.121. The molecule has 3 nitrogen and oxygen atoms in total. The van der Waals surface area contributed by atoms with Crippen molar-refractivity contribution in [3.8, 4) is 0 Å². The summed E-state index contributed by atoms with van der Waals surface area (Å²) in [5.41, 5.74) is 1.35. The first-order valence-corrected chi connectivity index (χ1v) is 7.33. The van der Waals surface area contributed by atoms with Gasteiger partial charge in [0.15, 0.2) is 0 Å². The van der Waals surface area contributed by atoms with Gasteiger partial charge in [0.05, 0.1) is 0 Å². The van der Waals surface area contributed by atoms with Gasteiger partial charge in [-0.25, -0.2) is 0 Å². The molecular weight excluding hydrogens is 236 g/mol. The maximum absolute atomic E-state index is 11.5. The van der Waals surface area contributed by atoms with Crippen LogP contribution in [-0.4, -0.2) is 29.9 Å². The summed E-state index contributed by atoms with van der Waals surface area (Å²) in [5.74, 6) is 0.173. The summed E-state index contributed by atoms with van der Waals surface area (Å²) in [5, 5.41) is 3.14. The van der Waals surface area contributed by atoms with E-state index in [0.717, 1.165) is 26.1 Å². The van der Waals surface area contributed by atoms with Gasteiger partial charge >= 0.3 is 0 Å². The van der Waals surface area contributed by atoms with Crippen molar-refractivity contribution >= 4 is 5.91 Å². The van der Waals surface area contributed by atoms with Crippen molar-refractivity contribution in [3.63, 3.8) is 0 Å². The summed E-state index contributed by atoms with van der Waals surface area (Å²) in [4.78, 5) is 14.0. The molecule has 0 saturated carbocycles. The van der Waals surface area contributed by atoms with E-state index in [4.69, 9.17) is 0 Å². The molecule has 0 aliphatic carbocycles. The molecule has 19 heavy (non-hydrogen) atoms. The standard InChI is InChI=1S/C16H24N2O/c1-2-16(19)17-15-10-6-7-11-18(13-15)12-14-8-4-3-5-9-14/h3-5,8-9,15H,2,6-7,10-13H2,1H3,(H,17,19). The topological polar surface area (TPSA) is 32.3 Å². The summed E-state index contributed by atoms with van der Waals surface area (Å²) in [6, 6.07) is 10.9. The Kier molecular flexibility index (Phi) is 5.40. The van der Waals surface area contributed by atoms with Crippen LogP contribution < -0.4 is 5.32 Å². The van der Waals surface area contributed by atoms with E-state index in [9.17, 15) is 4.79 Å². The van der Waals surface area contributed by atoms with Crippen molar-refractivity contribution in [2.24, 2.45) is 0 Å². The van der Waals surface area contributed by atoms with Gasteiger partial charge in [0.2, 0.25) is 5.91 Å². The predicted molar refractivity (Wildman–Crippen MR) is 77.8 cm³/mol. The van der Waals surface area contributed by atoms with Crippen LogP contribution in [0.1, 0.15) is 38.2 Å². The minimum atomic E-state index is 0.173. The van der Waals surface area contributed by atoms with Gasteiger partial charge in [-0.05, 0) is 24.9 Å². The predicted octanol–water partition coefficient (Wildman–Crippen LogP) is 2.57. The zero-order chi connectivity index (χ0) is 13.5. The Morgan fingerprint density at radius 1 is 1.32 bits per heavy atom. The normalized spacial score (nSPS) is 20.8. The largest absolute Gasteiger partial charge is 0.352 e. The first-order chi connectivity index (χ1) is 9.28. The molecule has 0 bridgehead atoms. The highest BCUT2D eigenvalue weighted by Gasteiger charge is 2.19. The number of amides is 1. The molecule has 1 aromatic carbocycles. The van der Waals surface area contributed by atoms with Crippen molar-refractivity contribution in [1.29, 1.82) is 0 Å². The highest BCUT2D eigenvalue weighted by Crippen LogP contribution is 2.14. The highest BCUT2D eigenvalue weighted by atomic mass is 16.1. The number of benzene rings is 1. The first kappa shape index (κ1) is 14.1. The fourth-order valence-corrected chi connectivity index (χ4v) is 2.65. The zero-order valence-corrected chi connectivity index (χ0v) is 11.8. The molecule has 1 fully saturated rings. The molecule has 0 aromatic heterocycles. The van der Waals surface area contributed by atoms with Crippen LogP contribution in [0.3, 0.4) is 0 Å². The molecule has 0 spiro atoms. The average Bonchev–Trinajstić information content (AvgIpc) is 2.65. The van der Waals surface area contributed by atoms with Gasteiger partial charge in [-0.3, -0.25) is 9.69 Å². The lowest BCUT2D eigenvalue weighted by atomic mass is 10.1. The van der Waals surface area contributed by atoms with E-state index in [1.165, 1.54) is 18.4 Å². The summed E-state index contributed by atoms with van der Waals surface area (Å²) < 4.78 is 0. The Hall–Kier alpha value is -1.35. The van der Waals surface area contributed by atoms with Gasteiger partial charge < -0.3 is 5.32 Å². The second kappa shape index (κ2) is 7.29. The van der Waals surface area contributed by atoms with E-state index < -0.39 is 0 Å². The van der Waals surface area contributed by atoms with E-state index >= 15 is 0 Å². The van der Waals surface area contributed by atoms with E-state index in [-0.39, 0.29) is 5.91 Å². The number of nitrogens with one attached hydrogen (secondary N) is 1. The smallest absolute Gasteiger partial charge is 0.219 e. The maximum Gasteiger partial charge on any atom is 0.219 e. The summed E-state index contributed by atoms with van der Waals surface area (Å²) >= 11 is 0. The Bertz CT molecular complexity index is 391. The second-order valence-electron chi connectivity index (χ2n) is 5.33. The van der Waals surface area contributed by atoms with Crippen LogP contribution in [-0.2, 0) is 11.3 Å². The number of likely N-dealkylation sites (tertiary alicyclic amines) is 1. The van der Waals surface area contributed by atoms with Crippen molar-refractivity contribution in [3.05, 3.63) is 35.9 Å². The molecule has 104 valence electrons. The minimum absolute atomic E-state index is 0.173. The number of carbonyl (C=O) groups excluding carboxylic acids is 1. The number of hydrogen-bond acceptors (Lipinski definition) is 2. The van der Waals surface area contributed by atoms with Gasteiger partial charge in [0.25, 0.3) is 0 Å². The third-order valence-corrected chi connectivity index (χ3v) is 3.69. The van der Waals surface area contributed by atoms with Gasteiger partial charge in [-0.15, -0.1) is 0 Å². The number of carbonyl (C=O) groups is 1. The van der Waals surface area contributed by atoms with Crippen molar-refractivity contribution in [2.75, 3.05) is 13.1 Å². The fourth-order valence-electron chi connectivity index (χ4n) is 2.65. The number of rotatable bonds is 4. The molecule has 1 heterocycles. The van der Waals surface area contributed by atoms with Gasteiger partial charge in [0, 0.05) is 25.6 Å². The molecule has 1 aliphatic heterocycles. The van der Waals surface area contributed by atoms with Crippen LogP contribution in [0.15, 0.2) is 30.3 Å². The van der Waals surface area contributed by atoms with Gasteiger partial charge in [0.1, 0.15) is 0 Å². The Labute approximate surface area is 116 Å². The van der Waals surface area contributed by atoms with Crippen molar-refractivity contribution < 1.29 is 4.79 Å². The molecular formula is C16H24N2O. The van der Waals surface area contributed by atoms with E-state index in [1.807, 2.05) is 6.92 Å². The second-order valence-corrected chi connectivity index (χ2v) is 5.33. The molecule has 3 heteroatoms. The molecule has 1 atom stereocenters. The zero-order valence-electron chi connectivity index (χ0n) is 11.8. The quantitative estimate of drug-likeness (QED) is 0.902. The maximum atomic E-state index is 11.5. The fraction of sp³-hybridized carbons (Fsp3) is 0.562. The summed E-state index contributed by atoms with van der Waals surface area (Å²) in [7, 11) is 0. The Morgan fingerprint density at radius 3 is 2.84 bits per heavy atom. The van der Waals surface area contributed by atoms with Crippen LogP contribution in [0.2, 0.25) is 0 Å². The monoisotopic (exact) mass is 260 g/mol. The Balaban J connectivity index is 1.91. The highest BCUT2D eigenvalue weighted by molar-refractivity contribution is 5.75. The third kappa shape index (κ3) is 4.67. The average molecular weight is 260 g/mol. The molecule has 1 saturated heterocycles. The van der Waals surface area contributed by atoms with Crippen LogP contribution >= 0.6 is 0 Å². The molecule has 1 N–H and O–H groups in total. The summed E-state index contributed by atoms with van der Waals surface area (Å²) in [6.45, 7) is 5.00. The van der Waals surface area contributed by atoms with Crippen LogP contribution in [0.25, 0.3) is 0 Å². The van der Waals surface area contributed by atoms with Gasteiger partial charge in [-0.1, -0.05) is 43.7 Å². The lowest BCUT2D eigenvalue weighted by Gasteiger charge is -2.25. The molecule has 1 amide bonds. The number of hydrogen-bond donors (Lipinski definition) is 1.